The fraction of sp³-hybridized carbons (Fsp3) is 0.353. The minimum Gasteiger partial charge on any atom is -0.351 e. The summed E-state index contributed by atoms with van der Waals surface area (Å²) in [6.45, 7) is 1.36. The Labute approximate surface area is 149 Å². The number of piperidine rings is 1. The molecule has 1 N–H and O–H groups in total. The van der Waals surface area contributed by atoms with Gasteiger partial charge in [-0.15, -0.1) is 11.3 Å². The standard InChI is InChI=1S/C17H18ClN3O2S/c18-15-6-5-14(24-15)9-20-17(23)12-4-7-16(22)21(10-12)11-13-3-1-2-8-19-13/h1-3,5-6,8,12H,4,7,9-11H2,(H,20,23). The average molecular weight is 364 g/mol. The number of likely N-dealkylation sites (tertiary alicyclic amines) is 1. The largest absolute Gasteiger partial charge is 0.351 e. The van der Waals surface area contributed by atoms with E-state index in [2.05, 4.69) is 10.3 Å². The molecule has 24 heavy (non-hydrogen) atoms. The number of hydrogen-bond acceptors (Lipinski definition) is 4. The van der Waals surface area contributed by atoms with Gasteiger partial charge in [0.1, 0.15) is 0 Å². The normalized spacial score (nSPS) is 17.8. The monoisotopic (exact) mass is 363 g/mol. The number of amides is 2. The van der Waals surface area contributed by atoms with Gasteiger partial charge < -0.3 is 10.2 Å². The van der Waals surface area contributed by atoms with Gasteiger partial charge in [-0.05, 0) is 30.7 Å². The first kappa shape index (κ1) is 16.9. The fourth-order valence-corrected chi connectivity index (χ4v) is 3.76. The molecule has 7 heteroatoms. The second-order valence-electron chi connectivity index (χ2n) is 5.75. The zero-order chi connectivity index (χ0) is 16.9. The van der Waals surface area contributed by atoms with Crippen molar-refractivity contribution in [3.63, 3.8) is 0 Å². The smallest absolute Gasteiger partial charge is 0.225 e. The number of pyridine rings is 1. The maximum absolute atomic E-state index is 12.4. The van der Waals surface area contributed by atoms with Crippen molar-refractivity contribution in [2.45, 2.75) is 25.9 Å². The molecule has 126 valence electrons. The molecule has 5 nitrogen and oxygen atoms in total. The number of carbonyl (C=O) groups excluding carboxylic acids is 2. The van der Waals surface area contributed by atoms with Crippen LogP contribution < -0.4 is 5.32 Å². The lowest BCUT2D eigenvalue weighted by atomic mass is 9.96. The highest BCUT2D eigenvalue weighted by molar-refractivity contribution is 7.16. The number of thiophene rings is 1. The van der Waals surface area contributed by atoms with Crippen LogP contribution in [0.4, 0.5) is 0 Å². The van der Waals surface area contributed by atoms with Gasteiger partial charge in [0.2, 0.25) is 11.8 Å². The molecular formula is C17H18ClN3O2S. The van der Waals surface area contributed by atoms with Crippen molar-refractivity contribution in [2.24, 2.45) is 5.92 Å². The molecule has 0 saturated carbocycles. The lowest BCUT2D eigenvalue weighted by Crippen LogP contribution is -2.45. The van der Waals surface area contributed by atoms with Gasteiger partial charge in [-0.3, -0.25) is 14.6 Å². The van der Waals surface area contributed by atoms with E-state index in [-0.39, 0.29) is 17.7 Å². The van der Waals surface area contributed by atoms with Crippen molar-refractivity contribution in [1.82, 2.24) is 15.2 Å². The van der Waals surface area contributed by atoms with Crippen molar-refractivity contribution >= 4 is 34.8 Å². The van der Waals surface area contributed by atoms with Crippen molar-refractivity contribution in [3.8, 4) is 0 Å². The Morgan fingerprint density at radius 3 is 2.96 bits per heavy atom. The number of hydrogen-bond donors (Lipinski definition) is 1. The summed E-state index contributed by atoms with van der Waals surface area (Å²) in [7, 11) is 0. The van der Waals surface area contributed by atoms with Crippen molar-refractivity contribution in [3.05, 3.63) is 51.4 Å². The van der Waals surface area contributed by atoms with E-state index in [0.717, 1.165) is 10.6 Å². The number of carbonyl (C=O) groups is 2. The van der Waals surface area contributed by atoms with Crippen LogP contribution in [0.5, 0.6) is 0 Å². The maximum Gasteiger partial charge on any atom is 0.225 e. The topological polar surface area (TPSA) is 62.3 Å². The summed E-state index contributed by atoms with van der Waals surface area (Å²) in [6.07, 6.45) is 2.70. The Morgan fingerprint density at radius 2 is 2.25 bits per heavy atom. The van der Waals surface area contributed by atoms with Crippen LogP contribution in [0, 0.1) is 5.92 Å². The highest BCUT2D eigenvalue weighted by atomic mass is 35.5. The molecular weight excluding hydrogens is 346 g/mol. The summed E-state index contributed by atoms with van der Waals surface area (Å²) in [5.74, 6) is -0.116. The third-order valence-electron chi connectivity index (χ3n) is 4.02. The highest BCUT2D eigenvalue weighted by Gasteiger charge is 2.30. The lowest BCUT2D eigenvalue weighted by molar-refractivity contribution is -0.139. The summed E-state index contributed by atoms with van der Waals surface area (Å²) in [5, 5.41) is 2.94. The van der Waals surface area contributed by atoms with Gasteiger partial charge in [-0.2, -0.15) is 0 Å². The molecule has 1 aliphatic heterocycles. The zero-order valence-corrected chi connectivity index (χ0v) is 14.6. The van der Waals surface area contributed by atoms with E-state index in [9.17, 15) is 9.59 Å². The van der Waals surface area contributed by atoms with E-state index in [4.69, 9.17) is 11.6 Å². The molecule has 0 bridgehead atoms. The van der Waals surface area contributed by atoms with E-state index in [1.165, 1.54) is 11.3 Å². The molecule has 1 fully saturated rings. The van der Waals surface area contributed by atoms with Crippen LogP contribution in [0.2, 0.25) is 4.34 Å². The van der Waals surface area contributed by atoms with Crippen LogP contribution in [0.25, 0.3) is 0 Å². The van der Waals surface area contributed by atoms with Crippen molar-refractivity contribution in [1.29, 1.82) is 0 Å². The summed E-state index contributed by atoms with van der Waals surface area (Å²) >= 11 is 7.35. The fourth-order valence-electron chi connectivity index (χ4n) is 2.73. The molecule has 2 aromatic heterocycles. The van der Waals surface area contributed by atoms with Gasteiger partial charge in [0.25, 0.3) is 0 Å². The minimum absolute atomic E-state index is 0.0157. The van der Waals surface area contributed by atoms with Gasteiger partial charge >= 0.3 is 0 Å². The predicted octanol–water partition coefficient (Wildman–Crippen LogP) is 2.85. The summed E-state index contributed by atoms with van der Waals surface area (Å²) in [6, 6.07) is 9.35. The molecule has 0 spiro atoms. The zero-order valence-electron chi connectivity index (χ0n) is 13.1. The molecule has 2 amide bonds. The van der Waals surface area contributed by atoms with E-state index >= 15 is 0 Å². The lowest BCUT2D eigenvalue weighted by Gasteiger charge is -2.31. The Kier molecular flexibility index (Phi) is 5.48. The van der Waals surface area contributed by atoms with Crippen molar-refractivity contribution in [2.75, 3.05) is 6.54 Å². The van der Waals surface area contributed by atoms with E-state index in [1.54, 1.807) is 11.1 Å². The number of aromatic nitrogens is 1. The van der Waals surface area contributed by atoms with E-state index in [1.807, 2.05) is 30.3 Å². The molecule has 3 rings (SSSR count). The second-order valence-corrected chi connectivity index (χ2v) is 7.55. The number of nitrogens with zero attached hydrogens (tertiary/aromatic N) is 2. The summed E-state index contributed by atoms with van der Waals surface area (Å²) < 4.78 is 0.712. The predicted molar refractivity (Wildman–Crippen MR) is 93.6 cm³/mol. The van der Waals surface area contributed by atoms with Crippen LogP contribution >= 0.6 is 22.9 Å². The first-order chi connectivity index (χ1) is 11.6. The van der Waals surface area contributed by atoms with Crippen LogP contribution in [0.15, 0.2) is 36.5 Å². The first-order valence-electron chi connectivity index (χ1n) is 7.81. The van der Waals surface area contributed by atoms with Gasteiger partial charge in [0.15, 0.2) is 0 Å². The number of nitrogens with one attached hydrogen (secondary N) is 1. The Hall–Kier alpha value is -1.92. The van der Waals surface area contributed by atoms with Gasteiger partial charge in [0, 0.05) is 24.0 Å². The van der Waals surface area contributed by atoms with E-state index < -0.39 is 0 Å². The quantitative estimate of drug-likeness (QED) is 0.888. The highest BCUT2D eigenvalue weighted by Crippen LogP contribution is 2.22. The van der Waals surface area contributed by atoms with Crippen LogP contribution in [-0.4, -0.2) is 28.2 Å². The van der Waals surface area contributed by atoms with E-state index in [0.29, 0.717) is 36.8 Å². The Morgan fingerprint density at radius 1 is 1.38 bits per heavy atom. The number of rotatable bonds is 5. The number of halogens is 1. The molecule has 1 saturated heterocycles. The maximum atomic E-state index is 12.4. The molecule has 0 radical (unpaired) electrons. The van der Waals surface area contributed by atoms with Crippen LogP contribution in [0.3, 0.4) is 0 Å². The third-order valence-corrected chi connectivity index (χ3v) is 5.25. The SMILES string of the molecule is O=C(NCc1ccc(Cl)s1)C1CCC(=O)N(Cc2ccccn2)C1. The van der Waals surface area contributed by atoms with Crippen LogP contribution in [0.1, 0.15) is 23.4 Å². The molecule has 0 aromatic carbocycles. The van der Waals surface area contributed by atoms with Crippen LogP contribution in [-0.2, 0) is 22.7 Å². The first-order valence-corrected chi connectivity index (χ1v) is 9.01. The van der Waals surface area contributed by atoms with Gasteiger partial charge in [-0.25, -0.2) is 0 Å². The summed E-state index contributed by atoms with van der Waals surface area (Å²) in [4.78, 5) is 31.5. The van der Waals surface area contributed by atoms with Gasteiger partial charge in [0.05, 0.1) is 29.0 Å². The second kappa shape index (κ2) is 7.77. The molecule has 0 aliphatic carbocycles. The third kappa shape index (κ3) is 4.33. The average Bonchev–Trinajstić information content (AvgIpc) is 3.01. The van der Waals surface area contributed by atoms with Crippen molar-refractivity contribution < 1.29 is 9.59 Å². The molecule has 3 heterocycles. The Bertz CT molecular complexity index is 720. The molecule has 2 aromatic rings. The Balaban J connectivity index is 1.55. The molecule has 1 atom stereocenters. The molecule has 1 aliphatic rings. The minimum atomic E-state index is -0.179. The molecule has 1 unspecified atom stereocenters. The summed E-state index contributed by atoms with van der Waals surface area (Å²) in [5.41, 5.74) is 0.833. The van der Waals surface area contributed by atoms with Gasteiger partial charge in [-0.1, -0.05) is 17.7 Å².